The normalized spacial score (nSPS) is 15.0. The Balaban J connectivity index is 2.26. The molecule has 0 radical (unpaired) electrons. The topological polar surface area (TPSA) is 23.6 Å². The first kappa shape index (κ1) is 15.6. The Bertz CT molecular complexity index is 725. The SMILES string of the molecule is CN(C)c1ccc2c(c1)C(C)(C)c1cc(N(C)C)ccc1C2=O. The van der Waals surface area contributed by atoms with Gasteiger partial charge in [-0.3, -0.25) is 4.79 Å². The average molecular weight is 308 g/mol. The van der Waals surface area contributed by atoms with Crippen LogP contribution in [0.2, 0.25) is 0 Å². The zero-order valence-corrected chi connectivity index (χ0v) is 14.8. The first-order valence-electron chi connectivity index (χ1n) is 7.92. The maximum Gasteiger partial charge on any atom is 0.193 e. The van der Waals surface area contributed by atoms with E-state index in [0.717, 1.165) is 33.6 Å². The number of rotatable bonds is 2. The Hall–Kier alpha value is -2.29. The highest BCUT2D eigenvalue weighted by atomic mass is 16.1. The van der Waals surface area contributed by atoms with E-state index >= 15 is 0 Å². The van der Waals surface area contributed by atoms with Crippen LogP contribution in [0.15, 0.2) is 36.4 Å². The van der Waals surface area contributed by atoms with Crippen molar-refractivity contribution in [2.45, 2.75) is 19.3 Å². The molecule has 3 rings (SSSR count). The molecule has 1 aliphatic carbocycles. The molecule has 0 saturated carbocycles. The van der Waals surface area contributed by atoms with Crippen LogP contribution in [0, 0.1) is 0 Å². The van der Waals surface area contributed by atoms with Crippen LogP contribution in [-0.2, 0) is 5.41 Å². The molecule has 23 heavy (non-hydrogen) atoms. The number of hydrogen-bond donors (Lipinski definition) is 0. The van der Waals surface area contributed by atoms with Crippen molar-refractivity contribution in [2.75, 3.05) is 38.0 Å². The maximum absolute atomic E-state index is 12.9. The molecule has 0 atom stereocenters. The third-order valence-electron chi connectivity index (χ3n) is 4.88. The minimum atomic E-state index is -0.198. The first-order valence-corrected chi connectivity index (χ1v) is 7.92. The lowest BCUT2D eigenvalue weighted by Crippen LogP contribution is -2.31. The summed E-state index contributed by atoms with van der Waals surface area (Å²) in [4.78, 5) is 17.1. The van der Waals surface area contributed by atoms with Gasteiger partial charge in [0.15, 0.2) is 5.78 Å². The Kier molecular flexibility index (Phi) is 3.47. The second-order valence-corrected chi connectivity index (χ2v) is 7.20. The van der Waals surface area contributed by atoms with Gasteiger partial charge in [0, 0.05) is 56.1 Å². The van der Waals surface area contributed by atoms with E-state index in [1.54, 1.807) is 0 Å². The minimum absolute atomic E-state index is 0.130. The summed E-state index contributed by atoms with van der Waals surface area (Å²) in [5, 5.41) is 0. The third kappa shape index (κ3) is 2.31. The van der Waals surface area contributed by atoms with Gasteiger partial charge in [0.2, 0.25) is 0 Å². The predicted molar refractivity (Wildman–Crippen MR) is 97.1 cm³/mol. The molecule has 0 aliphatic heterocycles. The van der Waals surface area contributed by atoms with Crippen LogP contribution in [0.1, 0.15) is 40.9 Å². The van der Waals surface area contributed by atoms with Crippen molar-refractivity contribution < 1.29 is 4.79 Å². The van der Waals surface area contributed by atoms with E-state index in [0.29, 0.717) is 0 Å². The van der Waals surface area contributed by atoms with E-state index in [1.807, 2.05) is 52.5 Å². The minimum Gasteiger partial charge on any atom is -0.378 e. The van der Waals surface area contributed by atoms with E-state index in [1.165, 1.54) is 0 Å². The Morgan fingerprint density at radius 1 is 0.739 bits per heavy atom. The highest BCUT2D eigenvalue weighted by molar-refractivity contribution is 6.13. The number of anilines is 2. The molecule has 2 aromatic rings. The number of carbonyl (C=O) groups is 1. The summed E-state index contributed by atoms with van der Waals surface area (Å²) < 4.78 is 0. The predicted octanol–water partition coefficient (Wildman–Crippen LogP) is 3.69. The zero-order valence-electron chi connectivity index (χ0n) is 14.8. The summed E-state index contributed by atoms with van der Waals surface area (Å²) in [5.41, 5.74) is 5.91. The van der Waals surface area contributed by atoms with Crippen LogP contribution in [0.25, 0.3) is 0 Å². The van der Waals surface area contributed by atoms with Gasteiger partial charge >= 0.3 is 0 Å². The molecule has 2 aromatic carbocycles. The molecule has 0 aromatic heterocycles. The van der Waals surface area contributed by atoms with Gasteiger partial charge in [0.1, 0.15) is 0 Å². The highest BCUT2D eigenvalue weighted by Crippen LogP contribution is 2.43. The highest BCUT2D eigenvalue weighted by Gasteiger charge is 2.37. The third-order valence-corrected chi connectivity index (χ3v) is 4.88. The fourth-order valence-corrected chi connectivity index (χ4v) is 3.34. The van der Waals surface area contributed by atoms with E-state index < -0.39 is 0 Å². The van der Waals surface area contributed by atoms with Gasteiger partial charge in [0.05, 0.1) is 0 Å². The van der Waals surface area contributed by atoms with Crippen molar-refractivity contribution in [3.8, 4) is 0 Å². The van der Waals surface area contributed by atoms with Crippen molar-refractivity contribution in [2.24, 2.45) is 0 Å². The molecular formula is C20H24N2O. The largest absolute Gasteiger partial charge is 0.378 e. The van der Waals surface area contributed by atoms with Gasteiger partial charge in [0.25, 0.3) is 0 Å². The van der Waals surface area contributed by atoms with Gasteiger partial charge in [-0.25, -0.2) is 0 Å². The van der Waals surface area contributed by atoms with E-state index in [4.69, 9.17) is 0 Å². The molecule has 0 saturated heterocycles. The fraction of sp³-hybridized carbons (Fsp3) is 0.350. The summed E-state index contributed by atoms with van der Waals surface area (Å²) in [6, 6.07) is 12.3. The molecule has 0 bridgehead atoms. The molecule has 0 heterocycles. The van der Waals surface area contributed by atoms with Gasteiger partial charge < -0.3 is 9.80 Å². The second kappa shape index (κ2) is 5.12. The Morgan fingerprint density at radius 3 is 1.48 bits per heavy atom. The summed E-state index contributed by atoms with van der Waals surface area (Å²) in [5.74, 6) is 0.130. The van der Waals surface area contributed by atoms with Gasteiger partial charge in [-0.2, -0.15) is 0 Å². The molecule has 3 nitrogen and oxygen atoms in total. The van der Waals surface area contributed by atoms with Crippen LogP contribution in [0.5, 0.6) is 0 Å². The van der Waals surface area contributed by atoms with Crippen LogP contribution in [0.3, 0.4) is 0 Å². The van der Waals surface area contributed by atoms with E-state index in [-0.39, 0.29) is 11.2 Å². The second-order valence-electron chi connectivity index (χ2n) is 7.20. The molecule has 1 aliphatic rings. The summed E-state index contributed by atoms with van der Waals surface area (Å²) in [6.07, 6.45) is 0. The number of carbonyl (C=O) groups excluding carboxylic acids is 1. The zero-order chi connectivity index (χ0) is 16.9. The summed E-state index contributed by atoms with van der Waals surface area (Å²) in [6.45, 7) is 4.41. The van der Waals surface area contributed by atoms with Gasteiger partial charge in [-0.05, 0) is 47.5 Å². The number of benzene rings is 2. The monoisotopic (exact) mass is 308 g/mol. The lowest BCUT2D eigenvalue weighted by molar-refractivity contribution is 0.103. The molecule has 3 heteroatoms. The van der Waals surface area contributed by atoms with Crippen molar-refractivity contribution in [1.29, 1.82) is 0 Å². The summed E-state index contributed by atoms with van der Waals surface area (Å²) >= 11 is 0. The van der Waals surface area contributed by atoms with Crippen molar-refractivity contribution in [3.05, 3.63) is 58.7 Å². The van der Waals surface area contributed by atoms with E-state index in [2.05, 4.69) is 35.8 Å². The van der Waals surface area contributed by atoms with Crippen LogP contribution >= 0.6 is 0 Å². The van der Waals surface area contributed by atoms with Crippen molar-refractivity contribution in [1.82, 2.24) is 0 Å². The van der Waals surface area contributed by atoms with Crippen LogP contribution in [0.4, 0.5) is 11.4 Å². The maximum atomic E-state index is 12.9. The Morgan fingerprint density at radius 2 is 1.13 bits per heavy atom. The van der Waals surface area contributed by atoms with Crippen LogP contribution < -0.4 is 9.80 Å². The molecule has 0 spiro atoms. The molecule has 0 amide bonds. The molecule has 120 valence electrons. The standard InChI is InChI=1S/C20H24N2O/c1-20(2)17-11-13(21(3)4)7-9-15(17)19(23)16-10-8-14(22(5)6)12-18(16)20/h7-12H,1-6H3. The fourth-order valence-electron chi connectivity index (χ4n) is 3.34. The molecule has 0 fully saturated rings. The van der Waals surface area contributed by atoms with Crippen molar-refractivity contribution >= 4 is 17.2 Å². The van der Waals surface area contributed by atoms with Crippen molar-refractivity contribution in [3.63, 3.8) is 0 Å². The van der Waals surface area contributed by atoms with Gasteiger partial charge in [-0.15, -0.1) is 0 Å². The lowest BCUT2D eigenvalue weighted by atomic mass is 9.68. The molecule has 0 N–H and O–H groups in total. The average Bonchev–Trinajstić information content (AvgIpc) is 2.51. The number of nitrogens with zero attached hydrogens (tertiary/aromatic N) is 2. The van der Waals surface area contributed by atoms with Crippen LogP contribution in [-0.4, -0.2) is 34.0 Å². The molecule has 0 unspecified atom stereocenters. The first-order chi connectivity index (χ1) is 10.7. The number of ketones is 1. The van der Waals surface area contributed by atoms with E-state index in [9.17, 15) is 4.79 Å². The smallest absolute Gasteiger partial charge is 0.193 e. The number of fused-ring (bicyclic) bond motifs is 2. The number of hydrogen-bond acceptors (Lipinski definition) is 3. The lowest BCUT2D eigenvalue weighted by Gasteiger charge is -2.35. The Labute approximate surface area is 138 Å². The summed E-state index contributed by atoms with van der Waals surface area (Å²) in [7, 11) is 8.10. The molecular weight excluding hydrogens is 284 g/mol. The quantitative estimate of drug-likeness (QED) is 0.845. The van der Waals surface area contributed by atoms with Gasteiger partial charge in [-0.1, -0.05) is 13.8 Å².